The normalized spacial score (nSPS) is 13.6. The summed E-state index contributed by atoms with van der Waals surface area (Å²) in [4.78, 5) is 11.9. The van der Waals surface area contributed by atoms with Gasteiger partial charge in [-0.3, -0.25) is 4.79 Å². The van der Waals surface area contributed by atoms with Gasteiger partial charge in [-0.05, 0) is 43.9 Å². The number of carbonyl (C=O) groups excluding carboxylic acids is 1. The second kappa shape index (κ2) is 7.90. The number of ether oxygens (including phenoxy) is 1. The fourth-order valence-electron chi connectivity index (χ4n) is 2.12. The zero-order valence-corrected chi connectivity index (χ0v) is 12.7. The molecule has 3 N–H and O–H groups in total. The van der Waals surface area contributed by atoms with Gasteiger partial charge in [0.25, 0.3) is 0 Å². The molecule has 0 saturated carbocycles. The van der Waals surface area contributed by atoms with Crippen molar-refractivity contribution in [3.8, 4) is 5.75 Å². The third-order valence-electron chi connectivity index (χ3n) is 3.37. The summed E-state index contributed by atoms with van der Waals surface area (Å²) in [7, 11) is 1.66. The van der Waals surface area contributed by atoms with E-state index < -0.39 is 5.54 Å². The highest BCUT2D eigenvalue weighted by Gasteiger charge is 2.26. The first-order valence-electron chi connectivity index (χ1n) is 7.19. The predicted octanol–water partition coefficient (Wildman–Crippen LogP) is 2.26. The van der Waals surface area contributed by atoms with Gasteiger partial charge in [-0.2, -0.15) is 0 Å². The van der Waals surface area contributed by atoms with Gasteiger partial charge in [0.05, 0.1) is 12.6 Å². The van der Waals surface area contributed by atoms with Gasteiger partial charge in [0, 0.05) is 6.54 Å². The van der Waals surface area contributed by atoms with Crippen LogP contribution in [0.4, 0.5) is 0 Å². The van der Waals surface area contributed by atoms with Gasteiger partial charge in [-0.25, -0.2) is 0 Å². The fourth-order valence-corrected chi connectivity index (χ4v) is 2.12. The molecule has 0 heterocycles. The Bertz CT molecular complexity index is 413. The molecule has 4 nitrogen and oxygen atoms in total. The lowest BCUT2D eigenvalue weighted by Crippen LogP contribution is -2.51. The minimum atomic E-state index is -0.755. The number of nitrogens with two attached hydrogens (primary N) is 1. The van der Waals surface area contributed by atoms with Crippen molar-refractivity contribution >= 4 is 5.91 Å². The van der Waals surface area contributed by atoms with E-state index in [2.05, 4.69) is 5.32 Å². The number of hydrogen-bond acceptors (Lipinski definition) is 3. The largest absolute Gasteiger partial charge is 0.497 e. The van der Waals surface area contributed by atoms with Crippen molar-refractivity contribution in [3.05, 3.63) is 29.8 Å². The first-order valence-corrected chi connectivity index (χ1v) is 7.19. The number of methoxy groups -OCH3 is 1. The Hall–Kier alpha value is -1.55. The van der Waals surface area contributed by atoms with Crippen LogP contribution in [0.15, 0.2) is 24.3 Å². The van der Waals surface area contributed by atoms with E-state index in [4.69, 9.17) is 10.5 Å². The first kappa shape index (κ1) is 16.5. The molecule has 1 aromatic rings. The van der Waals surface area contributed by atoms with E-state index in [0.29, 0.717) is 13.0 Å². The Morgan fingerprint density at radius 2 is 2.00 bits per heavy atom. The molecule has 0 saturated heterocycles. The summed E-state index contributed by atoms with van der Waals surface area (Å²) < 4.78 is 5.12. The first-order chi connectivity index (χ1) is 9.49. The Morgan fingerprint density at radius 1 is 1.35 bits per heavy atom. The smallest absolute Gasteiger partial charge is 0.239 e. The van der Waals surface area contributed by atoms with Gasteiger partial charge >= 0.3 is 0 Å². The number of nitrogens with one attached hydrogen (secondary N) is 1. The summed E-state index contributed by atoms with van der Waals surface area (Å²) in [6, 6.07) is 7.99. The van der Waals surface area contributed by atoms with E-state index in [1.807, 2.05) is 31.2 Å². The average Bonchev–Trinajstić information content (AvgIpc) is 2.44. The van der Waals surface area contributed by atoms with E-state index in [9.17, 15) is 4.79 Å². The summed E-state index contributed by atoms with van der Waals surface area (Å²) in [6.45, 7) is 4.47. The SMILES string of the molecule is CCCC(C)(N)C(=O)NCCCc1ccc(OC)cc1. The predicted molar refractivity (Wildman–Crippen MR) is 81.8 cm³/mol. The monoisotopic (exact) mass is 278 g/mol. The molecule has 1 atom stereocenters. The second-order valence-electron chi connectivity index (χ2n) is 5.37. The van der Waals surface area contributed by atoms with Crippen LogP contribution in [0.25, 0.3) is 0 Å². The van der Waals surface area contributed by atoms with Crippen LogP contribution in [0, 0.1) is 0 Å². The quantitative estimate of drug-likeness (QED) is 0.717. The van der Waals surface area contributed by atoms with E-state index in [1.165, 1.54) is 5.56 Å². The van der Waals surface area contributed by atoms with Gasteiger partial charge in [0.15, 0.2) is 0 Å². The number of benzene rings is 1. The highest BCUT2D eigenvalue weighted by molar-refractivity contribution is 5.85. The van der Waals surface area contributed by atoms with E-state index >= 15 is 0 Å². The van der Waals surface area contributed by atoms with Crippen molar-refractivity contribution in [2.75, 3.05) is 13.7 Å². The van der Waals surface area contributed by atoms with Crippen LogP contribution in [0.1, 0.15) is 38.7 Å². The lowest BCUT2D eigenvalue weighted by Gasteiger charge is -2.22. The summed E-state index contributed by atoms with van der Waals surface area (Å²) in [5, 5.41) is 2.91. The maximum absolute atomic E-state index is 11.9. The minimum absolute atomic E-state index is 0.0610. The molecule has 4 heteroatoms. The molecule has 1 unspecified atom stereocenters. The molecule has 0 aliphatic heterocycles. The molecule has 0 spiro atoms. The Kier molecular flexibility index (Phi) is 6.52. The van der Waals surface area contributed by atoms with Gasteiger partial charge in [0.1, 0.15) is 5.75 Å². The zero-order valence-electron chi connectivity index (χ0n) is 12.7. The van der Waals surface area contributed by atoms with Crippen molar-refractivity contribution in [3.63, 3.8) is 0 Å². The van der Waals surface area contributed by atoms with Gasteiger partial charge < -0.3 is 15.8 Å². The molecule has 1 amide bonds. The molecule has 0 aliphatic rings. The van der Waals surface area contributed by atoms with E-state index in [1.54, 1.807) is 14.0 Å². The van der Waals surface area contributed by atoms with Crippen molar-refractivity contribution in [2.45, 2.75) is 45.1 Å². The van der Waals surface area contributed by atoms with Crippen LogP contribution in [0.5, 0.6) is 5.75 Å². The highest BCUT2D eigenvalue weighted by atomic mass is 16.5. The van der Waals surface area contributed by atoms with Crippen molar-refractivity contribution in [1.82, 2.24) is 5.32 Å². The third-order valence-corrected chi connectivity index (χ3v) is 3.37. The van der Waals surface area contributed by atoms with Crippen LogP contribution in [-0.2, 0) is 11.2 Å². The number of aryl methyl sites for hydroxylation is 1. The third kappa shape index (κ3) is 5.21. The summed E-state index contributed by atoms with van der Waals surface area (Å²) in [5.74, 6) is 0.801. The van der Waals surface area contributed by atoms with Crippen LogP contribution < -0.4 is 15.8 Å². The van der Waals surface area contributed by atoms with Crippen molar-refractivity contribution in [1.29, 1.82) is 0 Å². The van der Waals surface area contributed by atoms with Crippen LogP contribution in [0.3, 0.4) is 0 Å². The van der Waals surface area contributed by atoms with E-state index in [0.717, 1.165) is 25.0 Å². The highest BCUT2D eigenvalue weighted by Crippen LogP contribution is 2.12. The van der Waals surface area contributed by atoms with Crippen LogP contribution in [0.2, 0.25) is 0 Å². The number of amides is 1. The van der Waals surface area contributed by atoms with Crippen LogP contribution in [-0.4, -0.2) is 25.1 Å². The molecular weight excluding hydrogens is 252 g/mol. The second-order valence-corrected chi connectivity index (χ2v) is 5.37. The molecule has 20 heavy (non-hydrogen) atoms. The fraction of sp³-hybridized carbons (Fsp3) is 0.562. The van der Waals surface area contributed by atoms with Gasteiger partial charge in [-0.1, -0.05) is 25.5 Å². The molecule has 0 aromatic heterocycles. The molecule has 1 rings (SSSR count). The van der Waals surface area contributed by atoms with Crippen molar-refractivity contribution < 1.29 is 9.53 Å². The minimum Gasteiger partial charge on any atom is -0.497 e. The lowest BCUT2D eigenvalue weighted by molar-refractivity contribution is -0.126. The van der Waals surface area contributed by atoms with Gasteiger partial charge in [-0.15, -0.1) is 0 Å². The number of hydrogen-bond donors (Lipinski definition) is 2. The number of rotatable bonds is 8. The van der Waals surface area contributed by atoms with E-state index in [-0.39, 0.29) is 5.91 Å². The molecule has 112 valence electrons. The summed E-state index contributed by atoms with van der Waals surface area (Å²) in [5.41, 5.74) is 6.45. The molecule has 0 radical (unpaired) electrons. The molecule has 0 aliphatic carbocycles. The summed E-state index contributed by atoms with van der Waals surface area (Å²) >= 11 is 0. The Morgan fingerprint density at radius 3 is 2.55 bits per heavy atom. The molecule has 1 aromatic carbocycles. The number of carbonyl (C=O) groups is 1. The van der Waals surface area contributed by atoms with Crippen LogP contribution >= 0.6 is 0 Å². The van der Waals surface area contributed by atoms with Gasteiger partial charge in [0.2, 0.25) is 5.91 Å². The molecular formula is C16H26N2O2. The zero-order chi connectivity index (χ0) is 15.0. The standard InChI is InChI=1S/C16H26N2O2/c1-4-11-16(2,17)15(19)18-12-5-6-13-7-9-14(20-3)10-8-13/h7-10H,4-6,11-12,17H2,1-3H3,(H,18,19). The average molecular weight is 278 g/mol. The summed E-state index contributed by atoms with van der Waals surface area (Å²) in [6.07, 6.45) is 3.45. The maximum atomic E-state index is 11.9. The Balaban J connectivity index is 2.29. The maximum Gasteiger partial charge on any atom is 0.239 e. The molecule has 0 fully saturated rings. The molecule has 0 bridgehead atoms. The van der Waals surface area contributed by atoms with Crippen molar-refractivity contribution in [2.24, 2.45) is 5.73 Å². The lowest BCUT2D eigenvalue weighted by atomic mass is 9.96. The Labute approximate surface area is 121 Å². The topological polar surface area (TPSA) is 64.4 Å².